The monoisotopic (exact) mass is 440 g/mol. The Kier molecular flexibility index (Phi) is 6.43. The lowest BCUT2D eigenvalue weighted by molar-refractivity contribution is -0.127. The van der Waals surface area contributed by atoms with Gasteiger partial charge in [-0.3, -0.25) is 4.79 Å². The number of carbonyl (C=O) groups excluding carboxylic acids is 1. The zero-order chi connectivity index (χ0) is 21.8. The molecule has 7 heteroatoms. The molecule has 2 aromatic rings. The van der Waals surface area contributed by atoms with Gasteiger partial charge in [0.15, 0.2) is 0 Å². The van der Waals surface area contributed by atoms with E-state index in [0.29, 0.717) is 31.1 Å². The molecule has 1 saturated heterocycles. The van der Waals surface area contributed by atoms with Crippen LogP contribution in [-0.4, -0.2) is 56.8 Å². The number of hydrogen-bond acceptors (Lipinski definition) is 4. The minimum atomic E-state index is -3.54. The second-order valence-corrected chi connectivity index (χ2v) is 9.91. The average molecular weight is 441 g/mol. The van der Waals surface area contributed by atoms with Gasteiger partial charge < -0.3 is 9.64 Å². The van der Waals surface area contributed by atoms with Crippen molar-refractivity contribution < 1.29 is 17.9 Å². The highest BCUT2D eigenvalue weighted by atomic mass is 32.2. The molecular weight excluding hydrogens is 412 g/mol. The predicted octanol–water partition coefficient (Wildman–Crippen LogP) is 3.12. The highest BCUT2D eigenvalue weighted by molar-refractivity contribution is 7.89. The van der Waals surface area contributed by atoms with Crippen LogP contribution in [0.3, 0.4) is 0 Å². The highest BCUT2D eigenvalue weighted by Crippen LogP contribution is 2.26. The lowest BCUT2D eigenvalue weighted by Gasteiger charge is -2.33. The number of hydrogen-bond donors (Lipinski definition) is 0. The minimum Gasteiger partial charge on any atom is -0.497 e. The van der Waals surface area contributed by atoms with Crippen molar-refractivity contribution >= 4 is 22.0 Å². The van der Waals surface area contributed by atoms with Crippen LogP contribution < -0.4 is 4.74 Å². The van der Waals surface area contributed by atoms with Gasteiger partial charge in [-0.05, 0) is 72.7 Å². The first-order chi connectivity index (χ1) is 15.0. The molecule has 6 nitrogen and oxygen atoms in total. The molecule has 0 aromatic heterocycles. The second kappa shape index (κ2) is 9.24. The number of methoxy groups -OCH3 is 1. The van der Waals surface area contributed by atoms with Gasteiger partial charge >= 0.3 is 0 Å². The normalized spacial score (nSPS) is 17.5. The Labute approximate surface area is 184 Å². The Morgan fingerprint density at radius 3 is 2.45 bits per heavy atom. The van der Waals surface area contributed by atoms with Gasteiger partial charge in [0.1, 0.15) is 5.75 Å². The molecule has 164 valence electrons. The summed E-state index contributed by atoms with van der Waals surface area (Å²) < 4.78 is 32.9. The summed E-state index contributed by atoms with van der Waals surface area (Å²) in [5.41, 5.74) is 3.30. The zero-order valence-electron chi connectivity index (χ0n) is 17.8. The number of ether oxygens (including phenoxy) is 1. The molecular formula is C24H28N2O4S. The van der Waals surface area contributed by atoms with E-state index in [2.05, 4.69) is 0 Å². The standard InChI is InChI=1S/C24H28N2O4S/c1-30-22-8-4-5-19(17-22)9-12-24(27)25-13-15-26(16-14-25)31(28,29)23-11-10-20-6-2-3-7-21(20)18-23/h4-5,8-12,17-18H,2-3,6-7,13-16H2,1H3. The Morgan fingerprint density at radius 1 is 0.968 bits per heavy atom. The van der Waals surface area contributed by atoms with Gasteiger partial charge in [0, 0.05) is 32.3 Å². The summed E-state index contributed by atoms with van der Waals surface area (Å²) >= 11 is 0. The fraction of sp³-hybridized carbons (Fsp3) is 0.375. The lowest BCUT2D eigenvalue weighted by atomic mass is 9.92. The van der Waals surface area contributed by atoms with Crippen LogP contribution in [0, 0.1) is 0 Å². The zero-order valence-corrected chi connectivity index (χ0v) is 18.6. The van der Waals surface area contributed by atoms with Crippen LogP contribution in [-0.2, 0) is 27.7 Å². The summed E-state index contributed by atoms with van der Waals surface area (Å²) in [5.74, 6) is 0.615. The van der Waals surface area contributed by atoms with Crippen molar-refractivity contribution in [3.8, 4) is 5.75 Å². The van der Waals surface area contributed by atoms with Crippen LogP contribution in [0.4, 0.5) is 0 Å². The van der Waals surface area contributed by atoms with E-state index < -0.39 is 10.0 Å². The topological polar surface area (TPSA) is 66.9 Å². The fourth-order valence-electron chi connectivity index (χ4n) is 4.19. The van der Waals surface area contributed by atoms with Crippen molar-refractivity contribution in [3.63, 3.8) is 0 Å². The molecule has 0 saturated carbocycles. The van der Waals surface area contributed by atoms with Gasteiger partial charge in [-0.25, -0.2) is 8.42 Å². The van der Waals surface area contributed by atoms with E-state index in [4.69, 9.17) is 4.74 Å². The van der Waals surface area contributed by atoms with E-state index in [1.165, 1.54) is 22.4 Å². The number of amides is 1. The molecule has 1 amide bonds. The number of sulfonamides is 1. The van der Waals surface area contributed by atoms with E-state index in [1.807, 2.05) is 36.4 Å². The first-order valence-electron chi connectivity index (χ1n) is 10.7. The fourth-order valence-corrected chi connectivity index (χ4v) is 5.66. The van der Waals surface area contributed by atoms with Crippen LogP contribution >= 0.6 is 0 Å². The van der Waals surface area contributed by atoms with Crippen LogP contribution in [0.15, 0.2) is 53.4 Å². The SMILES string of the molecule is COc1cccc(C=CC(=O)N2CCN(S(=O)(=O)c3ccc4c(c3)CCCC4)CC2)c1. The van der Waals surface area contributed by atoms with Crippen molar-refractivity contribution in [1.29, 1.82) is 0 Å². The molecule has 2 aliphatic rings. The summed E-state index contributed by atoms with van der Waals surface area (Å²) in [7, 11) is -1.94. The van der Waals surface area contributed by atoms with Crippen LogP contribution in [0.2, 0.25) is 0 Å². The first kappa shape index (κ1) is 21.6. The molecule has 0 bridgehead atoms. The quantitative estimate of drug-likeness (QED) is 0.670. The van der Waals surface area contributed by atoms with Crippen LogP contribution in [0.1, 0.15) is 29.5 Å². The van der Waals surface area contributed by atoms with E-state index in [1.54, 1.807) is 24.2 Å². The molecule has 4 rings (SSSR count). The molecule has 0 radical (unpaired) electrons. The number of benzene rings is 2. The van der Waals surface area contributed by atoms with Crippen molar-refractivity contribution in [2.24, 2.45) is 0 Å². The van der Waals surface area contributed by atoms with Crippen molar-refractivity contribution in [2.75, 3.05) is 33.3 Å². The molecule has 1 fully saturated rings. The molecule has 1 aliphatic heterocycles. The molecule has 0 unspecified atom stereocenters. The number of carbonyl (C=O) groups is 1. The number of aryl methyl sites for hydroxylation is 2. The molecule has 0 atom stereocenters. The average Bonchev–Trinajstić information content (AvgIpc) is 2.82. The van der Waals surface area contributed by atoms with Gasteiger partial charge in [-0.1, -0.05) is 18.2 Å². The number of rotatable bonds is 5. The molecule has 0 spiro atoms. The molecule has 0 N–H and O–H groups in total. The molecule has 1 heterocycles. The van der Waals surface area contributed by atoms with Crippen molar-refractivity contribution in [2.45, 2.75) is 30.6 Å². The Hall–Kier alpha value is -2.64. The Balaban J connectivity index is 1.38. The van der Waals surface area contributed by atoms with Crippen LogP contribution in [0.5, 0.6) is 5.75 Å². The second-order valence-electron chi connectivity index (χ2n) is 7.98. The summed E-state index contributed by atoms with van der Waals surface area (Å²) in [6.07, 6.45) is 7.53. The molecule has 1 aliphatic carbocycles. The maximum absolute atomic E-state index is 13.1. The van der Waals surface area contributed by atoms with Gasteiger partial charge in [0.25, 0.3) is 0 Å². The van der Waals surface area contributed by atoms with Crippen molar-refractivity contribution in [3.05, 3.63) is 65.2 Å². The number of piperazine rings is 1. The van der Waals surface area contributed by atoms with E-state index in [-0.39, 0.29) is 5.91 Å². The highest BCUT2D eigenvalue weighted by Gasteiger charge is 2.30. The van der Waals surface area contributed by atoms with Gasteiger partial charge in [-0.15, -0.1) is 0 Å². The van der Waals surface area contributed by atoms with Crippen molar-refractivity contribution in [1.82, 2.24) is 9.21 Å². The summed E-state index contributed by atoms with van der Waals surface area (Å²) in [5, 5.41) is 0. The maximum Gasteiger partial charge on any atom is 0.246 e. The van der Waals surface area contributed by atoms with E-state index in [9.17, 15) is 13.2 Å². The summed E-state index contributed by atoms with van der Waals surface area (Å²) in [6.45, 7) is 1.37. The number of nitrogens with zero attached hydrogens (tertiary/aromatic N) is 2. The van der Waals surface area contributed by atoms with E-state index in [0.717, 1.165) is 36.1 Å². The third-order valence-corrected chi connectivity index (χ3v) is 7.91. The minimum absolute atomic E-state index is 0.117. The van der Waals surface area contributed by atoms with Gasteiger partial charge in [-0.2, -0.15) is 4.31 Å². The number of fused-ring (bicyclic) bond motifs is 1. The first-order valence-corrected chi connectivity index (χ1v) is 12.1. The van der Waals surface area contributed by atoms with Crippen LogP contribution in [0.25, 0.3) is 6.08 Å². The summed E-state index contributed by atoms with van der Waals surface area (Å²) in [4.78, 5) is 14.6. The maximum atomic E-state index is 13.1. The van der Waals surface area contributed by atoms with E-state index >= 15 is 0 Å². The third-order valence-electron chi connectivity index (χ3n) is 6.02. The lowest BCUT2D eigenvalue weighted by Crippen LogP contribution is -2.50. The Morgan fingerprint density at radius 2 is 1.71 bits per heavy atom. The smallest absolute Gasteiger partial charge is 0.246 e. The third kappa shape index (κ3) is 4.83. The largest absolute Gasteiger partial charge is 0.497 e. The molecule has 2 aromatic carbocycles. The summed E-state index contributed by atoms with van der Waals surface area (Å²) in [6, 6.07) is 13.0. The van der Waals surface area contributed by atoms with Gasteiger partial charge in [0.05, 0.1) is 12.0 Å². The molecule has 31 heavy (non-hydrogen) atoms. The Bertz CT molecular complexity index is 1090. The predicted molar refractivity (Wildman–Crippen MR) is 120 cm³/mol. The van der Waals surface area contributed by atoms with Gasteiger partial charge in [0.2, 0.25) is 15.9 Å².